The Hall–Kier alpha value is -2.92. The molecule has 1 amide bonds. The Kier molecular flexibility index (Phi) is 4.91. The Morgan fingerprint density at radius 2 is 1.81 bits per heavy atom. The highest BCUT2D eigenvalue weighted by Gasteiger charge is 2.17. The minimum atomic E-state index is -0.211. The first-order chi connectivity index (χ1) is 12.4. The summed E-state index contributed by atoms with van der Waals surface area (Å²) in [5.74, 6) is -0.211. The first kappa shape index (κ1) is 17.9. The van der Waals surface area contributed by atoms with Gasteiger partial charge in [-0.3, -0.25) is 4.79 Å². The number of hydrogen-bond donors (Lipinski definition) is 2. The fourth-order valence-electron chi connectivity index (χ4n) is 2.91. The molecule has 3 rings (SSSR count). The number of nitrogens with zero attached hydrogens (tertiary/aromatic N) is 2. The normalized spacial score (nSPS) is 10.8. The van der Waals surface area contributed by atoms with Crippen LogP contribution in [0.25, 0.3) is 5.69 Å². The molecule has 0 aliphatic carbocycles. The highest BCUT2D eigenvalue weighted by atomic mass is 16.3. The lowest BCUT2D eigenvalue weighted by Crippen LogP contribution is -2.14. The summed E-state index contributed by atoms with van der Waals surface area (Å²) in [6, 6.07) is 11.7. The predicted molar refractivity (Wildman–Crippen MR) is 103 cm³/mol. The number of aliphatic hydroxyl groups is 1. The maximum Gasteiger partial charge on any atom is 0.259 e. The van der Waals surface area contributed by atoms with Crippen molar-refractivity contribution in [2.75, 3.05) is 5.32 Å². The van der Waals surface area contributed by atoms with E-state index < -0.39 is 0 Å². The lowest BCUT2D eigenvalue weighted by Gasteiger charge is -2.11. The number of carbonyl (C=O) groups excluding carboxylic acids is 1. The van der Waals surface area contributed by atoms with Gasteiger partial charge in [-0.05, 0) is 62.1 Å². The monoisotopic (exact) mass is 349 g/mol. The molecule has 0 saturated heterocycles. The van der Waals surface area contributed by atoms with Gasteiger partial charge in [-0.2, -0.15) is 5.10 Å². The van der Waals surface area contributed by atoms with E-state index in [1.165, 1.54) is 0 Å². The van der Waals surface area contributed by atoms with Crippen LogP contribution >= 0.6 is 0 Å². The van der Waals surface area contributed by atoms with Gasteiger partial charge >= 0.3 is 0 Å². The largest absolute Gasteiger partial charge is 0.392 e. The van der Waals surface area contributed by atoms with E-state index in [1.54, 1.807) is 16.9 Å². The molecule has 26 heavy (non-hydrogen) atoms. The first-order valence-corrected chi connectivity index (χ1v) is 8.54. The molecule has 0 fully saturated rings. The quantitative estimate of drug-likeness (QED) is 0.752. The van der Waals surface area contributed by atoms with E-state index in [9.17, 15) is 9.90 Å². The minimum absolute atomic E-state index is 0.0628. The standard InChI is InChI=1S/C21H23N3O2/c1-13-5-6-15(3)20(9-13)24-16(4)18(11-22-24)21(26)23-19-10-17(12-25)8-7-14(19)2/h5-11,25H,12H2,1-4H3,(H,23,26). The van der Waals surface area contributed by atoms with E-state index in [4.69, 9.17) is 0 Å². The average Bonchev–Trinajstić information content (AvgIpc) is 3.00. The topological polar surface area (TPSA) is 67.2 Å². The Bertz CT molecular complexity index is 973. The van der Waals surface area contributed by atoms with Crippen LogP contribution in [-0.4, -0.2) is 20.8 Å². The fourth-order valence-corrected chi connectivity index (χ4v) is 2.91. The van der Waals surface area contributed by atoms with Crippen LogP contribution in [0.2, 0.25) is 0 Å². The SMILES string of the molecule is Cc1ccc(C)c(-n2ncc(C(=O)Nc3cc(CO)ccc3C)c2C)c1. The van der Waals surface area contributed by atoms with Gasteiger partial charge in [-0.25, -0.2) is 4.68 Å². The van der Waals surface area contributed by atoms with Gasteiger partial charge in [0, 0.05) is 5.69 Å². The summed E-state index contributed by atoms with van der Waals surface area (Å²) < 4.78 is 1.80. The highest BCUT2D eigenvalue weighted by Crippen LogP contribution is 2.22. The molecule has 1 aromatic heterocycles. The molecular formula is C21H23N3O2. The number of amides is 1. The third kappa shape index (κ3) is 3.39. The van der Waals surface area contributed by atoms with E-state index >= 15 is 0 Å². The molecule has 3 aromatic rings. The van der Waals surface area contributed by atoms with E-state index in [0.717, 1.165) is 33.6 Å². The van der Waals surface area contributed by atoms with Crippen LogP contribution in [0.5, 0.6) is 0 Å². The van der Waals surface area contributed by atoms with Crippen LogP contribution < -0.4 is 5.32 Å². The van der Waals surface area contributed by atoms with Crippen LogP contribution in [0.1, 0.15) is 38.3 Å². The number of aromatic nitrogens is 2. The smallest absolute Gasteiger partial charge is 0.259 e. The lowest BCUT2D eigenvalue weighted by atomic mass is 10.1. The zero-order chi connectivity index (χ0) is 18.8. The van der Waals surface area contributed by atoms with Crippen LogP contribution in [0.15, 0.2) is 42.6 Å². The molecule has 5 heteroatoms. The van der Waals surface area contributed by atoms with E-state index in [-0.39, 0.29) is 12.5 Å². The molecule has 2 N–H and O–H groups in total. The second kappa shape index (κ2) is 7.14. The molecule has 0 radical (unpaired) electrons. The zero-order valence-corrected chi connectivity index (χ0v) is 15.5. The number of rotatable bonds is 4. The summed E-state index contributed by atoms with van der Waals surface area (Å²) in [6.07, 6.45) is 1.59. The fraction of sp³-hybridized carbons (Fsp3) is 0.238. The van der Waals surface area contributed by atoms with Gasteiger partial charge in [0.1, 0.15) is 0 Å². The number of hydrogen-bond acceptors (Lipinski definition) is 3. The molecule has 0 saturated carbocycles. The second-order valence-electron chi connectivity index (χ2n) is 6.61. The number of aryl methyl sites for hydroxylation is 3. The predicted octanol–water partition coefficient (Wildman–Crippen LogP) is 3.85. The van der Waals surface area contributed by atoms with Gasteiger partial charge in [0.2, 0.25) is 0 Å². The van der Waals surface area contributed by atoms with Gasteiger partial charge < -0.3 is 10.4 Å². The maximum absolute atomic E-state index is 12.8. The molecule has 0 bridgehead atoms. The van der Waals surface area contributed by atoms with Crippen molar-refractivity contribution in [1.82, 2.24) is 9.78 Å². The molecule has 5 nitrogen and oxygen atoms in total. The Morgan fingerprint density at radius 1 is 1.08 bits per heavy atom. The van der Waals surface area contributed by atoms with Crippen molar-refractivity contribution < 1.29 is 9.90 Å². The molecule has 0 aliphatic rings. The molecule has 134 valence electrons. The summed E-state index contributed by atoms with van der Waals surface area (Å²) in [4.78, 5) is 12.8. The van der Waals surface area contributed by atoms with E-state index in [1.807, 2.05) is 39.8 Å². The van der Waals surface area contributed by atoms with Crippen molar-refractivity contribution in [3.63, 3.8) is 0 Å². The Labute approximate surface area is 153 Å². The van der Waals surface area contributed by atoms with Crippen molar-refractivity contribution in [2.24, 2.45) is 0 Å². The molecular weight excluding hydrogens is 326 g/mol. The number of nitrogens with one attached hydrogen (secondary N) is 1. The van der Waals surface area contributed by atoms with Gasteiger partial charge in [-0.15, -0.1) is 0 Å². The van der Waals surface area contributed by atoms with Crippen molar-refractivity contribution in [2.45, 2.75) is 34.3 Å². The van der Waals surface area contributed by atoms with E-state index in [2.05, 4.69) is 28.6 Å². The summed E-state index contributed by atoms with van der Waals surface area (Å²) in [5.41, 5.74) is 6.92. The lowest BCUT2D eigenvalue weighted by molar-refractivity contribution is 0.102. The van der Waals surface area contributed by atoms with Crippen molar-refractivity contribution in [3.05, 3.63) is 76.1 Å². The Balaban J connectivity index is 1.93. The third-order valence-electron chi connectivity index (χ3n) is 4.58. The molecule has 1 heterocycles. The molecule has 0 aliphatic heterocycles. The van der Waals surface area contributed by atoms with Crippen molar-refractivity contribution in [3.8, 4) is 5.69 Å². The van der Waals surface area contributed by atoms with Gasteiger partial charge in [0.05, 0.1) is 29.7 Å². The van der Waals surface area contributed by atoms with Gasteiger partial charge in [0.15, 0.2) is 0 Å². The molecule has 2 aromatic carbocycles. The maximum atomic E-state index is 12.8. The summed E-state index contributed by atoms with van der Waals surface area (Å²) in [6.45, 7) is 7.81. The first-order valence-electron chi connectivity index (χ1n) is 8.54. The Morgan fingerprint density at radius 3 is 2.54 bits per heavy atom. The average molecular weight is 349 g/mol. The number of anilines is 1. The molecule has 0 unspecified atom stereocenters. The van der Waals surface area contributed by atoms with Crippen LogP contribution in [0.3, 0.4) is 0 Å². The summed E-state index contributed by atoms with van der Waals surface area (Å²) in [7, 11) is 0. The van der Waals surface area contributed by atoms with Gasteiger partial charge in [0.25, 0.3) is 5.91 Å². The molecule has 0 atom stereocenters. The van der Waals surface area contributed by atoms with Crippen LogP contribution in [-0.2, 0) is 6.61 Å². The zero-order valence-electron chi connectivity index (χ0n) is 15.5. The van der Waals surface area contributed by atoms with Crippen LogP contribution in [0, 0.1) is 27.7 Å². The number of carbonyl (C=O) groups is 1. The highest BCUT2D eigenvalue weighted by molar-refractivity contribution is 6.05. The van der Waals surface area contributed by atoms with Gasteiger partial charge in [-0.1, -0.05) is 24.3 Å². The summed E-state index contributed by atoms with van der Waals surface area (Å²) in [5, 5.41) is 16.7. The number of aliphatic hydroxyl groups excluding tert-OH is 1. The van der Waals surface area contributed by atoms with Crippen LogP contribution in [0.4, 0.5) is 5.69 Å². The third-order valence-corrected chi connectivity index (χ3v) is 4.58. The number of benzene rings is 2. The van der Waals surface area contributed by atoms with Crippen molar-refractivity contribution in [1.29, 1.82) is 0 Å². The van der Waals surface area contributed by atoms with Crippen molar-refractivity contribution >= 4 is 11.6 Å². The van der Waals surface area contributed by atoms with E-state index in [0.29, 0.717) is 11.3 Å². The second-order valence-corrected chi connectivity index (χ2v) is 6.61. The summed E-state index contributed by atoms with van der Waals surface area (Å²) >= 11 is 0. The molecule has 0 spiro atoms. The minimum Gasteiger partial charge on any atom is -0.392 e.